The number of aromatic nitrogens is 2. The molecule has 1 aromatic heterocycles. The number of benzene rings is 3. The Bertz CT molecular complexity index is 1510. The first-order valence-corrected chi connectivity index (χ1v) is 12.8. The average molecular weight is 565 g/mol. The molecule has 1 N–H and O–H groups in total. The van der Waals surface area contributed by atoms with Gasteiger partial charge in [-0.2, -0.15) is 0 Å². The minimum absolute atomic E-state index is 0.0179. The second-order valence-corrected chi connectivity index (χ2v) is 9.70. The van der Waals surface area contributed by atoms with E-state index in [-0.39, 0.29) is 24.6 Å². The molecule has 0 saturated carbocycles. The minimum Gasteiger partial charge on any atom is -0.491 e. The fraction of sp³-hybridized carbons (Fsp3) is 0.200. The van der Waals surface area contributed by atoms with Gasteiger partial charge in [0, 0.05) is 30.4 Å². The molecule has 0 bridgehead atoms. The summed E-state index contributed by atoms with van der Waals surface area (Å²) in [5.74, 6) is -1.93. The van der Waals surface area contributed by atoms with Gasteiger partial charge in [-0.1, -0.05) is 35.9 Å². The Morgan fingerprint density at radius 3 is 2.42 bits per heavy atom. The van der Waals surface area contributed by atoms with Crippen LogP contribution in [0.1, 0.15) is 32.0 Å². The maximum absolute atomic E-state index is 14.0. The Morgan fingerprint density at radius 1 is 0.950 bits per heavy atom. The monoisotopic (exact) mass is 564 g/mol. The van der Waals surface area contributed by atoms with Crippen molar-refractivity contribution < 1.29 is 23.1 Å². The van der Waals surface area contributed by atoms with E-state index in [0.717, 1.165) is 18.7 Å². The summed E-state index contributed by atoms with van der Waals surface area (Å²) < 4.78 is 33.7. The van der Waals surface area contributed by atoms with Crippen molar-refractivity contribution in [3.63, 3.8) is 0 Å². The second kappa shape index (κ2) is 13.2. The van der Waals surface area contributed by atoms with Crippen LogP contribution in [0.3, 0.4) is 0 Å². The molecule has 0 spiro atoms. The van der Waals surface area contributed by atoms with Crippen molar-refractivity contribution in [1.82, 2.24) is 14.9 Å². The summed E-state index contributed by atoms with van der Waals surface area (Å²) in [6, 6.07) is 16.6. The minimum atomic E-state index is -0.919. The number of carbonyl (C=O) groups excluding carboxylic acids is 2. The molecule has 206 valence electrons. The number of anilines is 2. The van der Waals surface area contributed by atoms with Crippen LogP contribution in [0.2, 0.25) is 5.02 Å². The first kappa shape index (κ1) is 28.8. The van der Waals surface area contributed by atoms with Gasteiger partial charge in [0.1, 0.15) is 24.0 Å². The van der Waals surface area contributed by atoms with E-state index >= 15 is 0 Å². The van der Waals surface area contributed by atoms with Gasteiger partial charge in [0.15, 0.2) is 11.6 Å². The van der Waals surface area contributed by atoms with E-state index in [1.165, 1.54) is 12.3 Å². The molecule has 4 aromatic rings. The Morgan fingerprint density at radius 2 is 1.70 bits per heavy atom. The molecular formula is C30H27ClF2N4O3. The van der Waals surface area contributed by atoms with Crippen LogP contribution in [0.4, 0.5) is 20.4 Å². The molecule has 40 heavy (non-hydrogen) atoms. The van der Waals surface area contributed by atoms with Gasteiger partial charge in [0.05, 0.1) is 22.7 Å². The number of hydrogen-bond acceptors (Lipinski definition) is 7. The highest BCUT2D eigenvalue weighted by molar-refractivity contribution is 6.32. The van der Waals surface area contributed by atoms with Crippen LogP contribution in [0.15, 0.2) is 72.9 Å². The fourth-order valence-corrected chi connectivity index (χ4v) is 4.11. The zero-order valence-electron chi connectivity index (χ0n) is 22.0. The highest BCUT2D eigenvalue weighted by atomic mass is 35.5. The average Bonchev–Trinajstić information content (AvgIpc) is 2.90. The molecule has 0 aliphatic heterocycles. The lowest BCUT2D eigenvalue weighted by atomic mass is 9.98. The molecule has 0 atom stereocenters. The second-order valence-electron chi connectivity index (χ2n) is 9.29. The molecule has 0 aliphatic rings. The van der Waals surface area contributed by atoms with Gasteiger partial charge in [0.25, 0.3) is 0 Å². The number of ketones is 2. The molecule has 3 aromatic carbocycles. The quantitative estimate of drug-likeness (QED) is 0.213. The van der Waals surface area contributed by atoms with E-state index in [1.807, 2.05) is 19.0 Å². The number of likely N-dealkylation sites (N-methyl/N-ethyl adjacent to an activating group) is 1. The number of Topliss-reactive ketones (excluding diaryl/α,β-unsaturated/α-hetero) is 2. The van der Waals surface area contributed by atoms with E-state index in [4.69, 9.17) is 16.3 Å². The number of ether oxygens (including phenoxy) is 1. The molecule has 1 heterocycles. The summed E-state index contributed by atoms with van der Waals surface area (Å²) in [5.41, 5.74) is 1.36. The Labute approximate surface area is 235 Å². The summed E-state index contributed by atoms with van der Waals surface area (Å²) in [6.07, 6.45) is 1.27. The van der Waals surface area contributed by atoms with Gasteiger partial charge in [-0.25, -0.2) is 18.7 Å². The summed E-state index contributed by atoms with van der Waals surface area (Å²) in [7, 11) is 3.91. The Hall–Kier alpha value is -4.21. The topological polar surface area (TPSA) is 84.4 Å². The molecular weight excluding hydrogens is 538 g/mol. The Kier molecular flexibility index (Phi) is 9.52. The van der Waals surface area contributed by atoms with Crippen molar-refractivity contribution in [1.29, 1.82) is 0 Å². The maximum Gasteiger partial charge on any atom is 0.227 e. The van der Waals surface area contributed by atoms with E-state index in [0.29, 0.717) is 39.9 Å². The maximum atomic E-state index is 14.0. The largest absolute Gasteiger partial charge is 0.491 e. The predicted octanol–water partition coefficient (Wildman–Crippen LogP) is 5.94. The summed E-state index contributed by atoms with van der Waals surface area (Å²) >= 11 is 6.35. The van der Waals surface area contributed by atoms with Crippen LogP contribution < -0.4 is 10.1 Å². The standard InChI is InChI=1S/C30H27ClF2N4O3/c1-37(2)13-14-40-28-10-9-21(17-23(28)31)35-30-34-12-11-22(36-30)18-26(38)20-6-3-5-19(15-20)16-27(39)29-24(32)7-4-8-25(29)33/h3-12,15,17H,13-14,16,18H2,1-2H3,(H,34,35,36). The number of nitrogens with one attached hydrogen (secondary N) is 1. The lowest BCUT2D eigenvalue weighted by molar-refractivity contribution is 0.0976. The van der Waals surface area contributed by atoms with Crippen LogP contribution >= 0.6 is 11.6 Å². The lowest BCUT2D eigenvalue weighted by Gasteiger charge is -2.13. The number of hydrogen-bond donors (Lipinski definition) is 1. The Balaban J connectivity index is 1.40. The molecule has 0 saturated heterocycles. The summed E-state index contributed by atoms with van der Waals surface area (Å²) in [6.45, 7) is 1.26. The van der Waals surface area contributed by atoms with E-state index in [9.17, 15) is 18.4 Å². The molecule has 0 unspecified atom stereocenters. The van der Waals surface area contributed by atoms with Crippen LogP contribution in [0.5, 0.6) is 5.75 Å². The van der Waals surface area contributed by atoms with E-state index in [1.54, 1.807) is 48.5 Å². The van der Waals surface area contributed by atoms with Crippen LogP contribution in [-0.4, -0.2) is 53.7 Å². The first-order chi connectivity index (χ1) is 19.2. The third kappa shape index (κ3) is 7.68. The van der Waals surface area contributed by atoms with Gasteiger partial charge >= 0.3 is 0 Å². The molecule has 10 heteroatoms. The van der Waals surface area contributed by atoms with Crippen LogP contribution in [-0.2, 0) is 12.8 Å². The van der Waals surface area contributed by atoms with Gasteiger partial charge in [0.2, 0.25) is 5.95 Å². The van der Waals surface area contributed by atoms with Gasteiger partial charge in [-0.3, -0.25) is 9.59 Å². The van der Waals surface area contributed by atoms with Gasteiger partial charge in [-0.05, 0) is 62.1 Å². The van der Waals surface area contributed by atoms with E-state index in [2.05, 4.69) is 15.3 Å². The summed E-state index contributed by atoms with van der Waals surface area (Å²) in [4.78, 5) is 36.2. The third-order valence-electron chi connectivity index (χ3n) is 5.89. The molecule has 0 amide bonds. The fourth-order valence-electron chi connectivity index (χ4n) is 3.88. The number of rotatable bonds is 12. The van der Waals surface area contributed by atoms with Crippen molar-refractivity contribution in [3.8, 4) is 5.75 Å². The van der Waals surface area contributed by atoms with Crippen molar-refractivity contribution in [2.45, 2.75) is 12.8 Å². The smallest absolute Gasteiger partial charge is 0.227 e. The molecule has 4 rings (SSSR count). The van der Waals surface area contributed by atoms with Crippen molar-refractivity contribution in [2.75, 3.05) is 32.6 Å². The zero-order valence-corrected chi connectivity index (χ0v) is 22.7. The van der Waals surface area contributed by atoms with Crippen molar-refractivity contribution >= 4 is 34.8 Å². The molecule has 0 radical (unpaired) electrons. The summed E-state index contributed by atoms with van der Waals surface area (Å²) in [5, 5.41) is 3.51. The van der Waals surface area contributed by atoms with E-state index < -0.39 is 23.0 Å². The van der Waals surface area contributed by atoms with Crippen LogP contribution in [0, 0.1) is 11.6 Å². The third-order valence-corrected chi connectivity index (χ3v) is 6.19. The number of carbonyl (C=O) groups is 2. The first-order valence-electron chi connectivity index (χ1n) is 12.4. The molecule has 0 fully saturated rings. The van der Waals surface area contributed by atoms with Crippen molar-refractivity contribution in [2.24, 2.45) is 0 Å². The highest BCUT2D eigenvalue weighted by Crippen LogP contribution is 2.28. The number of halogens is 3. The normalized spacial score (nSPS) is 10.9. The highest BCUT2D eigenvalue weighted by Gasteiger charge is 2.18. The molecule has 7 nitrogen and oxygen atoms in total. The zero-order chi connectivity index (χ0) is 28.6. The SMILES string of the molecule is CN(C)CCOc1ccc(Nc2nccc(CC(=O)c3cccc(CC(=O)c4c(F)cccc4F)c3)n2)cc1Cl. The number of nitrogens with zero attached hydrogens (tertiary/aromatic N) is 3. The molecule has 0 aliphatic carbocycles. The van der Waals surface area contributed by atoms with Crippen LogP contribution in [0.25, 0.3) is 0 Å². The van der Waals surface area contributed by atoms with Crippen molar-refractivity contribution in [3.05, 3.63) is 112 Å². The van der Waals surface area contributed by atoms with Gasteiger partial charge < -0.3 is 15.0 Å². The predicted molar refractivity (Wildman–Crippen MR) is 150 cm³/mol. The van der Waals surface area contributed by atoms with Gasteiger partial charge in [-0.15, -0.1) is 0 Å². The lowest BCUT2D eigenvalue weighted by Crippen LogP contribution is -2.19.